The van der Waals surface area contributed by atoms with Gasteiger partial charge in [0.05, 0.1) is 6.61 Å². The molecule has 0 saturated heterocycles. The van der Waals surface area contributed by atoms with Gasteiger partial charge in [0.1, 0.15) is 0 Å². The lowest BCUT2D eigenvalue weighted by molar-refractivity contribution is -0.128. The Balaban J connectivity index is 2.14. The van der Waals surface area contributed by atoms with Crippen molar-refractivity contribution in [2.75, 3.05) is 6.61 Å². The Kier molecular flexibility index (Phi) is 9.80. The molecule has 23 heavy (non-hydrogen) atoms. The summed E-state index contributed by atoms with van der Waals surface area (Å²) in [5, 5.41) is 0. The zero-order valence-electron chi connectivity index (χ0n) is 13.6. The van der Waals surface area contributed by atoms with Gasteiger partial charge < -0.3 is 4.89 Å². The number of amides is 1. The number of rotatable bonds is 12. The molecule has 1 rings (SSSR count). The monoisotopic (exact) mass is 343 g/mol. The molecule has 1 aromatic carbocycles. The minimum atomic E-state index is -4.27. The van der Waals surface area contributed by atoms with E-state index in [9.17, 15) is 14.3 Å². The zero-order chi connectivity index (χ0) is 17.0. The first-order valence-electron chi connectivity index (χ1n) is 8.02. The molecule has 1 amide bonds. The van der Waals surface area contributed by atoms with Crippen molar-refractivity contribution in [2.45, 2.75) is 51.9 Å². The molecular weight excluding hydrogens is 317 g/mol. The summed E-state index contributed by atoms with van der Waals surface area (Å²) >= 11 is 0. The molecule has 0 bridgehead atoms. The standard InChI is InChI=1S/C16H26NO5P/c1-2-3-4-5-9-12-16(18)17-22-23(19,20)21-14-13-15-10-7-6-8-11-15/h6-8,10-11H,2-5,9,12-14H2,1H3,(H,17,18)(H,19,20). The minimum Gasteiger partial charge on any atom is -0.301 e. The van der Waals surface area contributed by atoms with Gasteiger partial charge in [-0.25, -0.2) is 10.0 Å². The first-order chi connectivity index (χ1) is 11.0. The number of carbonyl (C=O) groups excluding carboxylic acids is 1. The van der Waals surface area contributed by atoms with Crippen LogP contribution in [0.15, 0.2) is 30.3 Å². The van der Waals surface area contributed by atoms with Crippen molar-refractivity contribution in [3.63, 3.8) is 0 Å². The molecule has 1 aromatic rings. The smallest absolute Gasteiger partial charge is 0.301 e. The van der Waals surface area contributed by atoms with E-state index in [1.807, 2.05) is 35.8 Å². The summed E-state index contributed by atoms with van der Waals surface area (Å²) in [5.41, 5.74) is 2.97. The predicted octanol–water partition coefficient (Wildman–Crippen LogP) is 3.75. The van der Waals surface area contributed by atoms with E-state index in [-0.39, 0.29) is 13.0 Å². The van der Waals surface area contributed by atoms with Crippen LogP contribution < -0.4 is 5.48 Å². The molecule has 0 aromatic heterocycles. The summed E-state index contributed by atoms with van der Waals surface area (Å²) in [6.45, 7) is 2.15. The molecule has 0 heterocycles. The molecule has 0 aliphatic carbocycles. The summed E-state index contributed by atoms with van der Waals surface area (Å²) in [5.74, 6) is -0.414. The van der Waals surface area contributed by atoms with Gasteiger partial charge in [0, 0.05) is 6.42 Å². The van der Waals surface area contributed by atoms with Crippen LogP contribution in [-0.2, 0) is 24.9 Å². The van der Waals surface area contributed by atoms with Crippen molar-refractivity contribution in [3.8, 4) is 0 Å². The van der Waals surface area contributed by atoms with Gasteiger partial charge >= 0.3 is 7.82 Å². The van der Waals surface area contributed by atoms with Gasteiger partial charge in [0.25, 0.3) is 0 Å². The third-order valence-electron chi connectivity index (χ3n) is 3.27. The summed E-state index contributed by atoms with van der Waals surface area (Å²) in [6, 6.07) is 9.44. The van der Waals surface area contributed by atoms with Crippen molar-refractivity contribution >= 4 is 13.7 Å². The minimum absolute atomic E-state index is 0.0324. The highest BCUT2D eigenvalue weighted by Crippen LogP contribution is 2.41. The quantitative estimate of drug-likeness (QED) is 0.343. The lowest BCUT2D eigenvalue weighted by Crippen LogP contribution is -2.22. The first-order valence-corrected chi connectivity index (χ1v) is 9.51. The van der Waals surface area contributed by atoms with E-state index in [1.165, 1.54) is 0 Å². The molecule has 0 radical (unpaired) electrons. The van der Waals surface area contributed by atoms with Crippen LogP contribution in [0.1, 0.15) is 51.0 Å². The Morgan fingerprint density at radius 3 is 2.57 bits per heavy atom. The molecule has 130 valence electrons. The van der Waals surface area contributed by atoms with E-state index in [2.05, 4.69) is 11.5 Å². The van der Waals surface area contributed by atoms with Gasteiger partial charge in [-0.2, -0.15) is 4.62 Å². The molecule has 0 aliphatic rings. The molecule has 2 N–H and O–H groups in total. The van der Waals surface area contributed by atoms with Crippen molar-refractivity contribution in [3.05, 3.63) is 35.9 Å². The van der Waals surface area contributed by atoms with E-state index in [4.69, 9.17) is 4.52 Å². The zero-order valence-corrected chi connectivity index (χ0v) is 14.5. The normalized spacial score (nSPS) is 13.5. The van der Waals surface area contributed by atoms with E-state index in [0.29, 0.717) is 6.42 Å². The number of hydrogen-bond acceptors (Lipinski definition) is 4. The van der Waals surface area contributed by atoms with E-state index >= 15 is 0 Å². The van der Waals surface area contributed by atoms with Crippen LogP contribution in [0.3, 0.4) is 0 Å². The Morgan fingerprint density at radius 2 is 1.87 bits per heavy atom. The third-order valence-corrected chi connectivity index (χ3v) is 4.10. The molecule has 0 fully saturated rings. The fraction of sp³-hybridized carbons (Fsp3) is 0.562. The third kappa shape index (κ3) is 10.2. The fourth-order valence-corrected chi connectivity index (χ4v) is 2.59. The van der Waals surface area contributed by atoms with Gasteiger partial charge in [-0.15, -0.1) is 0 Å². The van der Waals surface area contributed by atoms with Gasteiger partial charge in [-0.05, 0) is 18.4 Å². The number of phosphoric ester groups is 1. The summed E-state index contributed by atoms with van der Waals surface area (Å²) in [6.07, 6.45) is 5.84. The van der Waals surface area contributed by atoms with Crippen molar-refractivity contribution < 1.29 is 23.4 Å². The van der Waals surface area contributed by atoms with E-state index < -0.39 is 13.7 Å². The predicted molar refractivity (Wildman–Crippen MR) is 88.5 cm³/mol. The molecule has 1 atom stereocenters. The van der Waals surface area contributed by atoms with Crippen LogP contribution in [0.4, 0.5) is 0 Å². The van der Waals surface area contributed by atoms with Crippen LogP contribution in [0.25, 0.3) is 0 Å². The maximum Gasteiger partial charge on any atom is 0.493 e. The molecule has 7 heteroatoms. The number of nitrogens with one attached hydrogen (secondary N) is 1. The van der Waals surface area contributed by atoms with Crippen LogP contribution in [0.2, 0.25) is 0 Å². The number of hydroxylamine groups is 1. The number of benzene rings is 1. The second-order valence-electron chi connectivity index (χ2n) is 5.32. The second-order valence-corrected chi connectivity index (χ2v) is 6.70. The van der Waals surface area contributed by atoms with Crippen molar-refractivity contribution in [1.29, 1.82) is 0 Å². The Hall–Kier alpha value is -1.20. The van der Waals surface area contributed by atoms with E-state index in [0.717, 1.165) is 37.7 Å². The SMILES string of the molecule is CCCCCCCC(=O)NOP(=O)(O)OCCc1ccccc1. The summed E-state index contributed by atoms with van der Waals surface area (Å²) in [7, 11) is -4.27. The van der Waals surface area contributed by atoms with Gasteiger partial charge in [0.2, 0.25) is 5.91 Å². The highest BCUT2D eigenvalue weighted by molar-refractivity contribution is 7.47. The Bertz CT molecular complexity index is 495. The number of phosphoric acid groups is 1. The second kappa shape index (κ2) is 11.4. The maximum absolute atomic E-state index is 11.6. The number of unbranched alkanes of at least 4 members (excludes halogenated alkanes) is 4. The molecular formula is C16H26NO5P. The summed E-state index contributed by atoms with van der Waals surface area (Å²) < 4.78 is 20.9. The van der Waals surface area contributed by atoms with Gasteiger partial charge in [0.15, 0.2) is 0 Å². The largest absolute Gasteiger partial charge is 0.493 e. The highest BCUT2D eigenvalue weighted by atomic mass is 31.2. The number of carbonyl (C=O) groups is 1. The van der Waals surface area contributed by atoms with Crippen molar-refractivity contribution in [1.82, 2.24) is 5.48 Å². The average molecular weight is 343 g/mol. The van der Waals surface area contributed by atoms with Gasteiger partial charge in [-0.3, -0.25) is 9.32 Å². The van der Waals surface area contributed by atoms with Crippen LogP contribution in [0, 0.1) is 0 Å². The van der Waals surface area contributed by atoms with Crippen molar-refractivity contribution in [2.24, 2.45) is 0 Å². The van der Waals surface area contributed by atoms with E-state index in [1.54, 1.807) is 0 Å². The van der Waals surface area contributed by atoms with Gasteiger partial charge in [-0.1, -0.05) is 62.9 Å². The topological polar surface area (TPSA) is 84.9 Å². The molecule has 0 spiro atoms. The Morgan fingerprint density at radius 1 is 1.17 bits per heavy atom. The molecule has 0 saturated carbocycles. The van der Waals surface area contributed by atoms with Crippen LogP contribution >= 0.6 is 7.82 Å². The van der Waals surface area contributed by atoms with Crippen LogP contribution in [-0.4, -0.2) is 17.4 Å². The molecule has 0 aliphatic heterocycles. The Labute approximate surface area is 137 Å². The highest BCUT2D eigenvalue weighted by Gasteiger charge is 2.22. The lowest BCUT2D eigenvalue weighted by Gasteiger charge is -2.12. The number of hydrogen-bond donors (Lipinski definition) is 2. The van der Waals surface area contributed by atoms with Crippen LogP contribution in [0.5, 0.6) is 0 Å². The lowest BCUT2D eigenvalue weighted by atomic mass is 10.1. The average Bonchev–Trinajstić information content (AvgIpc) is 2.54. The maximum atomic E-state index is 11.6. The molecule has 6 nitrogen and oxygen atoms in total. The summed E-state index contributed by atoms with van der Waals surface area (Å²) in [4.78, 5) is 21.0. The fourth-order valence-electron chi connectivity index (χ4n) is 2.00. The molecule has 1 unspecified atom stereocenters. The first kappa shape index (κ1) is 19.8.